The van der Waals surface area contributed by atoms with Crippen molar-refractivity contribution < 1.29 is 18.1 Å². The van der Waals surface area contributed by atoms with Crippen molar-refractivity contribution in [3.8, 4) is 0 Å². The molecular formula is C15H21O4P. The lowest BCUT2D eigenvalue weighted by Crippen LogP contribution is -2.00. The normalized spacial score (nSPS) is 10.0. The minimum atomic E-state index is -3.48. The molecule has 0 heterocycles. The second-order valence-corrected chi connectivity index (χ2v) is 5.02. The first-order chi connectivity index (χ1) is 9.68. The van der Waals surface area contributed by atoms with E-state index in [1.165, 1.54) is 18.2 Å². The van der Waals surface area contributed by atoms with E-state index in [1.54, 1.807) is 0 Å². The van der Waals surface area contributed by atoms with Crippen LogP contribution in [0.25, 0.3) is 0 Å². The van der Waals surface area contributed by atoms with Gasteiger partial charge in [-0.2, -0.15) is 0 Å². The maximum atomic E-state index is 11.7. The fourth-order valence-corrected chi connectivity index (χ4v) is 2.02. The Hall–Kier alpha value is -1.45. The SMILES string of the molecule is C=CCOP(=O)(OCC=C)OCC=C.c1ccccc1. The highest BCUT2D eigenvalue weighted by atomic mass is 31.2. The van der Waals surface area contributed by atoms with Crippen LogP contribution in [0, 0.1) is 0 Å². The van der Waals surface area contributed by atoms with E-state index in [-0.39, 0.29) is 19.8 Å². The molecule has 1 rings (SSSR count). The Morgan fingerprint density at radius 3 is 1.15 bits per heavy atom. The summed E-state index contributed by atoms with van der Waals surface area (Å²) in [5, 5.41) is 0. The van der Waals surface area contributed by atoms with E-state index in [1.807, 2.05) is 36.4 Å². The van der Waals surface area contributed by atoms with Gasteiger partial charge in [0.15, 0.2) is 0 Å². The van der Waals surface area contributed by atoms with Gasteiger partial charge in [0.05, 0.1) is 19.8 Å². The lowest BCUT2D eigenvalue weighted by molar-refractivity contribution is 0.141. The van der Waals surface area contributed by atoms with Gasteiger partial charge in [-0.05, 0) is 0 Å². The quantitative estimate of drug-likeness (QED) is 0.501. The molecule has 0 fully saturated rings. The summed E-state index contributed by atoms with van der Waals surface area (Å²) in [6, 6.07) is 12.0. The van der Waals surface area contributed by atoms with Gasteiger partial charge in [-0.25, -0.2) is 4.57 Å². The average molecular weight is 296 g/mol. The molecule has 0 aliphatic carbocycles. The van der Waals surface area contributed by atoms with Crippen LogP contribution >= 0.6 is 7.82 Å². The van der Waals surface area contributed by atoms with E-state index in [4.69, 9.17) is 13.6 Å². The molecule has 0 bridgehead atoms. The number of rotatable bonds is 9. The summed E-state index contributed by atoms with van der Waals surface area (Å²) < 4.78 is 26.3. The fraction of sp³-hybridized carbons (Fsp3) is 0.200. The Bertz CT molecular complexity index is 352. The second-order valence-electron chi connectivity index (χ2n) is 3.36. The third-order valence-corrected chi connectivity index (χ3v) is 3.11. The van der Waals surface area contributed by atoms with Crippen molar-refractivity contribution in [1.29, 1.82) is 0 Å². The summed E-state index contributed by atoms with van der Waals surface area (Å²) in [7, 11) is -3.48. The molecule has 0 atom stereocenters. The van der Waals surface area contributed by atoms with Crippen LogP contribution in [0.3, 0.4) is 0 Å². The highest BCUT2D eigenvalue weighted by Crippen LogP contribution is 2.49. The highest BCUT2D eigenvalue weighted by molar-refractivity contribution is 7.48. The largest absolute Gasteiger partial charge is 0.475 e. The molecule has 0 aromatic heterocycles. The fourth-order valence-electron chi connectivity index (χ4n) is 0.929. The zero-order chi connectivity index (χ0) is 15.1. The summed E-state index contributed by atoms with van der Waals surface area (Å²) in [4.78, 5) is 0. The number of phosphoric acid groups is 1. The van der Waals surface area contributed by atoms with Crippen molar-refractivity contribution >= 4 is 7.82 Å². The van der Waals surface area contributed by atoms with Crippen LogP contribution in [-0.4, -0.2) is 19.8 Å². The van der Waals surface area contributed by atoms with Crippen LogP contribution in [0.5, 0.6) is 0 Å². The molecule has 20 heavy (non-hydrogen) atoms. The number of hydrogen-bond acceptors (Lipinski definition) is 4. The van der Waals surface area contributed by atoms with Crippen LogP contribution < -0.4 is 0 Å². The molecule has 0 saturated carbocycles. The van der Waals surface area contributed by atoms with Crippen LogP contribution in [0.15, 0.2) is 74.4 Å². The third-order valence-electron chi connectivity index (χ3n) is 1.72. The van der Waals surface area contributed by atoms with Crippen LogP contribution in [0.2, 0.25) is 0 Å². The number of phosphoric ester groups is 1. The predicted molar refractivity (Wildman–Crippen MR) is 82.5 cm³/mol. The van der Waals surface area contributed by atoms with Crippen LogP contribution in [0.4, 0.5) is 0 Å². The van der Waals surface area contributed by atoms with E-state index in [2.05, 4.69) is 19.7 Å². The molecule has 5 heteroatoms. The second kappa shape index (κ2) is 12.6. The van der Waals surface area contributed by atoms with E-state index in [9.17, 15) is 4.57 Å². The molecule has 1 aromatic rings. The van der Waals surface area contributed by atoms with Crippen molar-refractivity contribution in [3.63, 3.8) is 0 Å². The Morgan fingerprint density at radius 2 is 0.950 bits per heavy atom. The zero-order valence-corrected chi connectivity index (χ0v) is 12.4. The topological polar surface area (TPSA) is 44.8 Å². The molecule has 4 nitrogen and oxygen atoms in total. The summed E-state index contributed by atoms with van der Waals surface area (Å²) in [5.74, 6) is 0. The van der Waals surface area contributed by atoms with E-state index >= 15 is 0 Å². The van der Waals surface area contributed by atoms with Crippen LogP contribution in [-0.2, 0) is 18.1 Å². The first-order valence-corrected chi connectivity index (χ1v) is 7.51. The molecule has 0 radical (unpaired) electrons. The van der Waals surface area contributed by atoms with Crippen LogP contribution in [0.1, 0.15) is 0 Å². The summed E-state index contributed by atoms with van der Waals surface area (Å²) in [5.41, 5.74) is 0. The van der Waals surface area contributed by atoms with Crippen molar-refractivity contribution in [1.82, 2.24) is 0 Å². The van der Waals surface area contributed by atoms with Crippen molar-refractivity contribution in [2.45, 2.75) is 0 Å². The van der Waals surface area contributed by atoms with Gasteiger partial charge >= 0.3 is 7.82 Å². The first-order valence-electron chi connectivity index (χ1n) is 6.05. The molecule has 0 N–H and O–H groups in total. The minimum Gasteiger partial charge on any atom is -0.283 e. The maximum absolute atomic E-state index is 11.7. The van der Waals surface area contributed by atoms with E-state index < -0.39 is 7.82 Å². The Labute approximate surface area is 121 Å². The summed E-state index contributed by atoms with van der Waals surface area (Å²) in [6.07, 6.45) is 4.38. The molecule has 0 aliphatic rings. The number of hydrogen-bond donors (Lipinski definition) is 0. The third kappa shape index (κ3) is 10.5. The Morgan fingerprint density at radius 1 is 0.700 bits per heavy atom. The van der Waals surface area contributed by atoms with Gasteiger partial charge in [0, 0.05) is 0 Å². The molecule has 0 saturated heterocycles. The molecular weight excluding hydrogens is 275 g/mol. The molecule has 110 valence electrons. The van der Waals surface area contributed by atoms with Gasteiger partial charge in [0.2, 0.25) is 0 Å². The Balaban J connectivity index is 0.000000493. The monoisotopic (exact) mass is 296 g/mol. The Kier molecular flexibility index (Phi) is 11.7. The smallest absolute Gasteiger partial charge is 0.283 e. The maximum Gasteiger partial charge on any atom is 0.475 e. The minimum absolute atomic E-state index is 0.103. The summed E-state index contributed by atoms with van der Waals surface area (Å²) >= 11 is 0. The van der Waals surface area contributed by atoms with Gasteiger partial charge < -0.3 is 0 Å². The van der Waals surface area contributed by atoms with Crippen molar-refractivity contribution in [2.75, 3.05) is 19.8 Å². The van der Waals surface area contributed by atoms with Gasteiger partial charge in [0.1, 0.15) is 0 Å². The molecule has 0 unspecified atom stereocenters. The van der Waals surface area contributed by atoms with Gasteiger partial charge in [-0.15, -0.1) is 19.7 Å². The van der Waals surface area contributed by atoms with E-state index in [0.29, 0.717) is 0 Å². The molecule has 0 amide bonds. The molecule has 1 aromatic carbocycles. The predicted octanol–water partition coefficient (Wildman–Crippen LogP) is 4.39. The lowest BCUT2D eigenvalue weighted by atomic mass is 10.4. The zero-order valence-electron chi connectivity index (χ0n) is 11.5. The van der Waals surface area contributed by atoms with Gasteiger partial charge in [-0.1, -0.05) is 54.6 Å². The van der Waals surface area contributed by atoms with Gasteiger partial charge in [0.25, 0.3) is 0 Å². The van der Waals surface area contributed by atoms with E-state index in [0.717, 1.165) is 0 Å². The number of benzene rings is 1. The standard InChI is InChI=1S/C9H15O4P.C6H6/c1-4-7-11-14(10,12-8-5-2)13-9-6-3;1-2-4-6-5-3-1/h4-6H,1-3,7-9H2;1-6H. The average Bonchev–Trinajstić information content (AvgIpc) is 2.51. The summed E-state index contributed by atoms with van der Waals surface area (Å²) in [6.45, 7) is 10.6. The molecule has 0 spiro atoms. The van der Waals surface area contributed by atoms with Gasteiger partial charge in [-0.3, -0.25) is 13.6 Å². The highest BCUT2D eigenvalue weighted by Gasteiger charge is 2.24. The molecule has 0 aliphatic heterocycles. The van der Waals surface area contributed by atoms with Crippen molar-refractivity contribution in [3.05, 3.63) is 74.4 Å². The van der Waals surface area contributed by atoms with Crippen molar-refractivity contribution in [2.24, 2.45) is 0 Å². The lowest BCUT2D eigenvalue weighted by Gasteiger charge is -2.15. The first kappa shape index (κ1) is 18.6.